The van der Waals surface area contributed by atoms with Gasteiger partial charge in [-0.25, -0.2) is 4.98 Å². The predicted octanol–water partition coefficient (Wildman–Crippen LogP) is 3.19. The minimum atomic E-state index is -0.620. The van der Waals surface area contributed by atoms with Crippen molar-refractivity contribution in [1.29, 1.82) is 0 Å². The van der Waals surface area contributed by atoms with Gasteiger partial charge in [0.2, 0.25) is 0 Å². The number of ether oxygens (including phenoxy) is 2. The molecule has 36 heavy (non-hydrogen) atoms. The normalized spacial score (nSPS) is 15.9. The number of aliphatic hydroxyl groups excluding tert-OH is 1. The number of thiophene rings is 1. The molecule has 8 nitrogen and oxygen atoms in total. The van der Waals surface area contributed by atoms with Gasteiger partial charge in [0.05, 0.1) is 44.0 Å². The molecule has 0 saturated carbocycles. The summed E-state index contributed by atoms with van der Waals surface area (Å²) in [7, 11) is 0. The lowest BCUT2D eigenvalue weighted by Gasteiger charge is -2.30. The molecular weight excluding hydrogens is 476 g/mol. The molecule has 0 unspecified atom stereocenters. The summed E-state index contributed by atoms with van der Waals surface area (Å²) in [5.41, 5.74) is 4.21. The topological polar surface area (TPSA) is 90.9 Å². The average molecular weight is 515 g/mol. The maximum absolute atomic E-state index is 13.2. The summed E-state index contributed by atoms with van der Waals surface area (Å²) >= 11 is 1.50. The molecule has 196 valence electrons. The Hall–Kier alpha value is -2.14. The summed E-state index contributed by atoms with van der Waals surface area (Å²) in [5, 5.41) is 13.3. The van der Waals surface area contributed by atoms with Crippen molar-refractivity contribution in [3.8, 4) is 11.1 Å². The van der Waals surface area contributed by atoms with Crippen molar-refractivity contribution in [2.24, 2.45) is 0 Å². The van der Waals surface area contributed by atoms with Crippen molar-refractivity contribution in [2.45, 2.75) is 46.4 Å². The Bertz CT molecular complexity index is 1200. The molecule has 0 radical (unpaired) electrons. The number of fused-ring (bicyclic) bond motifs is 1. The molecule has 9 heteroatoms. The first-order valence-electron chi connectivity index (χ1n) is 12.7. The first-order valence-corrected chi connectivity index (χ1v) is 13.6. The molecule has 1 aliphatic heterocycles. The molecule has 2 aromatic heterocycles. The van der Waals surface area contributed by atoms with Crippen LogP contribution in [-0.2, 0) is 16.0 Å². The average Bonchev–Trinajstić information content (AvgIpc) is 3.26. The highest BCUT2D eigenvalue weighted by Crippen LogP contribution is 2.33. The number of hydrogen-bond donors (Lipinski definition) is 2. The molecule has 3 aromatic rings. The number of hydrogen-bond acceptors (Lipinski definition) is 8. The summed E-state index contributed by atoms with van der Waals surface area (Å²) < 4.78 is 11.1. The monoisotopic (exact) mass is 514 g/mol. The SMILES string of the molecule is Cc1ccc(-c2csc3nc(CN(CCN4CCOCC4)C[C@@H](O)COC(C)C)[nH]c(=O)c23)c(C)c1. The van der Waals surface area contributed by atoms with Crippen LogP contribution in [0.15, 0.2) is 28.4 Å². The highest BCUT2D eigenvalue weighted by molar-refractivity contribution is 7.17. The van der Waals surface area contributed by atoms with E-state index in [0.717, 1.165) is 60.9 Å². The van der Waals surface area contributed by atoms with Gasteiger partial charge < -0.3 is 19.6 Å². The number of H-pyrrole nitrogens is 1. The zero-order valence-corrected chi connectivity index (χ0v) is 22.6. The van der Waals surface area contributed by atoms with Crippen LogP contribution in [0.25, 0.3) is 21.3 Å². The van der Waals surface area contributed by atoms with E-state index in [0.29, 0.717) is 24.3 Å². The van der Waals surface area contributed by atoms with Gasteiger partial charge in [0, 0.05) is 43.7 Å². The predicted molar refractivity (Wildman–Crippen MR) is 145 cm³/mol. The third kappa shape index (κ3) is 7.00. The molecule has 1 fully saturated rings. The minimum Gasteiger partial charge on any atom is -0.389 e. The first-order chi connectivity index (χ1) is 17.3. The molecule has 1 aromatic carbocycles. The van der Waals surface area contributed by atoms with Crippen LogP contribution in [0.5, 0.6) is 0 Å². The Balaban J connectivity index is 1.53. The second kappa shape index (κ2) is 12.4. The van der Waals surface area contributed by atoms with Crippen LogP contribution >= 0.6 is 11.3 Å². The number of benzene rings is 1. The van der Waals surface area contributed by atoms with Crippen LogP contribution < -0.4 is 5.56 Å². The van der Waals surface area contributed by atoms with Crippen LogP contribution in [0.4, 0.5) is 0 Å². The minimum absolute atomic E-state index is 0.0621. The molecule has 0 amide bonds. The van der Waals surface area contributed by atoms with Crippen LogP contribution in [0, 0.1) is 13.8 Å². The lowest BCUT2D eigenvalue weighted by molar-refractivity contribution is -0.0132. The lowest BCUT2D eigenvalue weighted by atomic mass is 9.99. The van der Waals surface area contributed by atoms with Crippen molar-refractivity contribution in [2.75, 3.05) is 52.5 Å². The Morgan fingerprint density at radius 3 is 2.75 bits per heavy atom. The standard InChI is InChI=1S/C27H38N4O4S/c1-18(2)35-16-21(32)14-31(8-7-30-9-11-34-12-10-30)15-24-28-26(33)25-23(17-36-27(25)29-24)22-6-5-19(3)13-20(22)4/h5-6,13,17-18,21,32H,7-12,14-16H2,1-4H3,(H,28,29,33)/t21-/m1/s1. The summed E-state index contributed by atoms with van der Waals surface area (Å²) in [6, 6.07) is 6.28. The zero-order valence-electron chi connectivity index (χ0n) is 21.7. The van der Waals surface area contributed by atoms with Gasteiger partial charge in [-0.05, 0) is 38.8 Å². The number of nitrogens with zero attached hydrogens (tertiary/aromatic N) is 3. The summed E-state index contributed by atoms with van der Waals surface area (Å²) in [6.07, 6.45) is -0.558. The summed E-state index contributed by atoms with van der Waals surface area (Å²) in [4.78, 5) is 26.3. The van der Waals surface area contributed by atoms with Gasteiger partial charge in [-0.1, -0.05) is 23.8 Å². The van der Waals surface area contributed by atoms with E-state index in [1.165, 1.54) is 16.9 Å². The smallest absolute Gasteiger partial charge is 0.260 e. The molecule has 1 atom stereocenters. The molecule has 1 saturated heterocycles. The van der Waals surface area contributed by atoms with Gasteiger partial charge >= 0.3 is 0 Å². The molecule has 1 aliphatic rings. The highest BCUT2D eigenvalue weighted by Gasteiger charge is 2.19. The van der Waals surface area contributed by atoms with Crippen LogP contribution in [0.1, 0.15) is 30.8 Å². The first kappa shape index (κ1) is 26.9. The van der Waals surface area contributed by atoms with E-state index in [1.54, 1.807) is 0 Å². The van der Waals surface area contributed by atoms with Crippen molar-refractivity contribution in [3.63, 3.8) is 0 Å². The largest absolute Gasteiger partial charge is 0.389 e. The summed E-state index contributed by atoms with van der Waals surface area (Å²) in [5.74, 6) is 0.612. The van der Waals surface area contributed by atoms with Crippen molar-refractivity contribution in [3.05, 3.63) is 50.9 Å². The molecular formula is C27H38N4O4S. The molecule has 4 rings (SSSR count). The highest BCUT2D eigenvalue weighted by atomic mass is 32.1. The Morgan fingerprint density at radius 1 is 1.25 bits per heavy atom. The van der Waals surface area contributed by atoms with E-state index in [2.05, 4.69) is 46.8 Å². The van der Waals surface area contributed by atoms with E-state index in [1.807, 2.05) is 19.2 Å². The Labute approximate surface area is 216 Å². The molecule has 0 bridgehead atoms. The fourth-order valence-electron chi connectivity index (χ4n) is 4.59. The second-order valence-corrected chi connectivity index (χ2v) is 10.7. The second-order valence-electron chi connectivity index (χ2n) is 9.89. The number of nitrogens with one attached hydrogen (secondary N) is 1. The number of aromatic nitrogens is 2. The molecule has 0 aliphatic carbocycles. The molecule has 0 spiro atoms. The summed E-state index contributed by atoms with van der Waals surface area (Å²) in [6.45, 7) is 14.1. The molecule has 2 N–H and O–H groups in total. The number of rotatable bonds is 11. The Kier molecular flexibility index (Phi) is 9.27. The van der Waals surface area contributed by atoms with Gasteiger partial charge in [-0.3, -0.25) is 14.6 Å². The lowest BCUT2D eigenvalue weighted by Crippen LogP contribution is -2.43. The van der Waals surface area contributed by atoms with E-state index in [-0.39, 0.29) is 18.3 Å². The van der Waals surface area contributed by atoms with Crippen molar-refractivity contribution < 1.29 is 14.6 Å². The number of morpholine rings is 1. The van der Waals surface area contributed by atoms with E-state index in [9.17, 15) is 9.90 Å². The zero-order chi connectivity index (χ0) is 25.7. The van der Waals surface area contributed by atoms with E-state index < -0.39 is 6.10 Å². The van der Waals surface area contributed by atoms with Gasteiger partial charge in [0.25, 0.3) is 5.56 Å². The quantitative estimate of drug-likeness (QED) is 0.406. The number of aryl methyl sites for hydroxylation is 2. The van der Waals surface area contributed by atoms with Crippen molar-refractivity contribution in [1.82, 2.24) is 19.8 Å². The van der Waals surface area contributed by atoms with Crippen LogP contribution in [0.3, 0.4) is 0 Å². The third-order valence-electron chi connectivity index (χ3n) is 6.47. The van der Waals surface area contributed by atoms with E-state index in [4.69, 9.17) is 14.5 Å². The maximum Gasteiger partial charge on any atom is 0.260 e. The van der Waals surface area contributed by atoms with Gasteiger partial charge in [-0.2, -0.15) is 0 Å². The van der Waals surface area contributed by atoms with E-state index >= 15 is 0 Å². The maximum atomic E-state index is 13.2. The number of aromatic amines is 1. The van der Waals surface area contributed by atoms with Crippen molar-refractivity contribution >= 4 is 21.6 Å². The van der Waals surface area contributed by atoms with Crippen LogP contribution in [0.2, 0.25) is 0 Å². The van der Waals surface area contributed by atoms with Gasteiger partial charge in [0.1, 0.15) is 10.7 Å². The van der Waals surface area contributed by atoms with Crippen LogP contribution in [-0.4, -0.2) is 89.6 Å². The van der Waals surface area contributed by atoms with Gasteiger partial charge in [-0.15, -0.1) is 11.3 Å². The Morgan fingerprint density at radius 2 is 2.03 bits per heavy atom. The fraction of sp³-hybridized carbons (Fsp3) is 0.556. The van der Waals surface area contributed by atoms with Gasteiger partial charge in [0.15, 0.2) is 0 Å². The molecule has 3 heterocycles. The third-order valence-corrected chi connectivity index (χ3v) is 7.34. The number of aliphatic hydroxyl groups is 1. The fourth-order valence-corrected chi connectivity index (χ4v) is 5.55.